The van der Waals surface area contributed by atoms with Crippen molar-refractivity contribution < 1.29 is 28.6 Å². The number of fused-ring (bicyclic) bond motifs is 5. The first kappa shape index (κ1) is 28.4. The Morgan fingerprint density at radius 2 is 1.89 bits per heavy atom. The van der Waals surface area contributed by atoms with Crippen molar-refractivity contribution in [3.63, 3.8) is 0 Å². The average molecular weight is 596 g/mol. The molecule has 2 aromatic heterocycles. The van der Waals surface area contributed by atoms with E-state index in [1.807, 2.05) is 23.1 Å². The van der Waals surface area contributed by atoms with Gasteiger partial charge in [0.2, 0.25) is 11.8 Å². The fourth-order valence-electron chi connectivity index (χ4n) is 7.08. The van der Waals surface area contributed by atoms with Crippen molar-refractivity contribution in [3.8, 4) is 17.0 Å². The molecule has 0 radical (unpaired) electrons. The lowest BCUT2D eigenvalue weighted by Gasteiger charge is -2.26. The first-order valence-corrected chi connectivity index (χ1v) is 15.6. The van der Waals surface area contributed by atoms with Gasteiger partial charge in [0.05, 0.1) is 44.3 Å². The van der Waals surface area contributed by atoms with Crippen molar-refractivity contribution in [3.05, 3.63) is 70.9 Å². The van der Waals surface area contributed by atoms with Crippen molar-refractivity contribution in [2.24, 2.45) is 0 Å². The number of allylic oxidation sites excluding steroid dienone is 1. The number of aromatic carboxylic acids is 1. The van der Waals surface area contributed by atoms with Gasteiger partial charge in [0.1, 0.15) is 11.5 Å². The molecule has 228 valence electrons. The summed E-state index contributed by atoms with van der Waals surface area (Å²) in [5, 5.41) is 11.0. The minimum atomic E-state index is -0.944. The van der Waals surface area contributed by atoms with Crippen LogP contribution in [-0.2, 0) is 22.5 Å². The minimum absolute atomic E-state index is 0.0916. The molecule has 9 heteroatoms. The maximum absolute atomic E-state index is 12.7. The van der Waals surface area contributed by atoms with E-state index < -0.39 is 5.97 Å². The second kappa shape index (κ2) is 12.0. The third-order valence-corrected chi connectivity index (χ3v) is 9.31. The summed E-state index contributed by atoms with van der Waals surface area (Å²) >= 11 is 0. The molecule has 7 rings (SSSR count). The van der Waals surface area contributed by atoms with Crippen molar-refractivity contribution >= 4 is 34.4 Å². The molecule has 1 amide bonds. The number of carbonyl (C=O) groups excluding carboxylic acids is 1. The monoisotopic (exact) mass is 595 g/mol. The number of aryl methyl sites for hydroxylation is 1. The Bertz CT molecular complexity index is 1750. The topological polar surface area (TPSA) is 107 Å². The van der Waals surface area contributed by atoms with Gasteiger partial charge in [-0.05, 0) is 66.3 Å². The second-order valence-corrected chi connectivity index (χ2v) is 12.0. The van der Waals surface area contributed by atoms with E-state index in [0.29, 0.717) is 63.3 Å². The molecule has 1 aliphatic carbocycles. The zero-order valence-corrected chi connectivity index (χ0v) is 25.0. The van der Waals surface area contributed by atoms with Gasteiger partial charge in [-0.2, -0.15) is 0 Å². The summed E-state index contributed by atoms with van der Waals surface area (Å²) in [4.78, 5) is 31.3. The number of carboxylic acid groups (broad SMARTS) is 1. The van der Waals surface area contributed by atoms with Crippen LogP contribution in [0.2, 0.25) is 0 Å². The Labute approximate surface area is 256 Å². The van der Waals surface area contributed by atoms with Crippen molar-refractivity contribution in [2.45, 2.75) is 57.4 Å². The van der Waals surface area contributed by atoms with E-state index in [9.17, 15) is 14.7 Å². The highest BCUT2D eigenvalue weighted by Gasteiger charge is 2.30. The highest BCUT2D eigenvalue weighted by atomic mass is 16.5. The fourth-order valence-corrected chi connectivity index (χ4v) is 7.08. The number of aromatic nitrogens is 2. The number of carbonyl (C=O) groups is 2. The largest absolute Gasteiger partial charge is 0.497 e. The molecule has 0 atom stereocenters. The van der Waals surface area contributed by atoms with Gasteiger partial charge in [0, 0.05) is 48.0 Å². The highest BCUT2D eigenvalue weighted by molar-refractivity contribution is 6.01. The molecular weight excluding hydrogens is 558 g/mol. The number of methoxy groups -OCH3 is 1. The van der Waals surface area contributed by atoms with Gasteiger partial charge in [0.15, 0.2) is 0 Å². The SMILES string of the molecule is COc1ccc2c(c1)C=C(c1ncc(CCC(=O)N3CCOCC3)o1)Cn1c-2c(C2CCCCC2)c2ccc(C(=O)O)cc21. The number of nitrogens with zero attached hydrogens (tertiary/aromatic N) is 3. The summed E-state index contributed by atoms with van der Waals surface area (Å²) in [6, 6.07) is 11.7. The van der Waals surface area contributed by atoms with Crippen LogP contribution in [0.5, 0.6) is 5.75 Å². The molecular formula is C35H37N3O6. The lowest BCUT2D eigenvalue weighted by atomic mass is 9.81. The van der Waals surface area contributed by atoms with Crippen LogP contribution in [-0.4, -0.2) is 64.8 Å². The number of ether oxygens (including phenoxy) is 2. The van der Waals surface area contributed by atoms with Crippen molar-refractivity contribution in [1.82, 2.24) is 14.5 Å². The Morgan fingerprint density at radius 3 is 2.66 bits per heavy atom. The molecule has 44 heavy (non-hydrogen) atoms. The first-order valence-electron chi connectivity index (χ1n) is 15.6. The molecule has 1 saturated heterocycles. The van der Waals surface area contributed by atoms with Crippen LogP contribution in [0.25, 0.3) is 33.8 Å². The molecule has 2 aromatic carbocycles. The Balaban J connectivity index is 1.31. The van der Waals surface area contributed by atoms with Gasteiger partial charge < -0.3 is 28.5 Å². The molecule has 9 nitrogen and oxygen atoms in total. The molecule has 2 fully saturated rings. The lowest BCUT2D eigenvalue weighted by molar-refractivity contribution is -0.135. The number of hydrogen-bond acceptors (Lipinski definition) is 6. The lowest BCUT2D eigenvalue weighted by Crippen LogP contribution is -2.40. The van der Waals surface area contributed by atoms with Crippen LogP contribution in [0, 0.1) is 0 Å². The first-order chi connectivity index (χ1) is 21.5. The average Bonchev–Trinajstić information content (AvgIpc) is 3.62. The highest BCUT2D eigenvalue weighted by Crippen LogP contribution is 2.47. The third-order valence-electron chi connectivity index (χ3n) is 9.31. The summed E-state index contributed by atoms with van der Waals surface area (Å²) in [6.45, 7) is 2.85. The molecule has 0 bridgehead atoms. The molecule has 1 saturated carbocycles. The van der Waals surface area contributed by atoms with Crippen LogP contribution in [0.3, 0.4) is 0 Å². The molecule has 1 N–H and O–H groups in total. The minimum Gasteiger partial charge on any atom is -0.497 e. The number of rotatable bonds is 7. The molecule has 4 aromatic rings. The maximum atomic E-state index is 12.7. The summed E-state index contributed by atoms with van der Waals surface area (Å²) in [5.74, 6) is 1.45. The Kier molecular flexibility index (Phi) is 7.72. The Morgan fingerprint density at radius 1 is 1.07 bits per heavy atom. The van der Waals surface area contributed by atoms with E-state index >= 15 is 0 Å². The normalized spacial score (nSPS) is 17.1. The van der Waals surface area contributed by atoms with Crippen LogP contribution >= 0.6 is 0 Å². The van der Waals surface area contributed by atoms with Gasteiger partial charge >= 0.3 is 5.97 Å². The molecule has 4 heterocycles. The summed E-state index contributed by atoms with van der Waals surface area (Å²) in [6.07, 6.45) is 10.5. The zero-order chi connectivity index (χ0) is 30.2. The summed E-state index contributed by atoms with van der Waals surface area (Å²) in [7, 11) is 1.67. The van der Waals surface area contributed by atoms with E-state index in [-0.39, 0.29) is 11.5 Å². The van der Waals surface area contributed by atoms with E-state index in [4.69, 9.17) is 13.9 Å². The summed E-state index contributed by atoms with van der Waals surface area (Å²) in [5.41, 5.74) is 6.54. The third kappa shape index (κ3) is 5.30. The number of hydrogen-bond donors (Lipinski definition) is 1. The van der Waals surface area contributed by atoms with Crippen molar-refractivity contribution in [1.29, 1.82) is 0 Å². The van der Waals surface area contributed by atoms with Gasteiger partial charge in [-0.3, -0.25) is 4.79 Å². The van der Waals surface area contributed by atoms with Gasteiger partial charge in [-0.15, -0.1) is 0 Å². The van der Waals surface area contributed by atoms with Crippen LogP contribution in [0.4, 0.5) is 0 Å². The molecule has 0 unspecified atom stereocenters. The van der Waals surface area contributed by atoms with Gasteiger partial charge in [-0.25, -0.2) is 9.78 Å². The second-order valence-electron chi connectivity index (χ2n) is 12.0. The summed E-state index contributed by atoms with van der Waals surface area (Å²) < 4.78 is 19.5. The smallest absolute Gasteiger partial charge is 0.335 e. The van der Waals surface area contributed by atoms with Crippen LogP contribution < -0.4 is 4.74 Å². The predicted octanol–water partition coefficient (Wildman–Crippen LogP) is 6.40. The van der Waals surface area contributed by atoms with E-state index in [1.54, 1.807) is 25.4 Å². The van der Waals surface area contributed by atoms with Crippen LogP contribution in [0.15, 0.2) is 47.0 Å². The molecule has 2 aliphatic heterocycles. The van der Waals surface area contributed by atoms with Gasteiger partial charge in [-0.1, -0.05) is 25.3 Å². The number of oxazole rings is 1. The quantitative estimate of drug-likeness (QED) is 0.264. The molecule has 0 spiro atoms. The van der Waals surface area contributed by atoms with E-state index in [1.165, 1.54) is 24.8 Å². The van der Waals surface area contributed by atoms with E-state index in [0.717, 1.165) is 51.9 Å². The number of amides is 1. The number of carboxylic acids is 1. The van der Waals surface area contributed by atoms with Crippen molar-refractivity contribution in [2.75, 3.05) is 33.4 Å². The zero-order valence-electron chi connectivity index (χ0n) is 25.0. The Hall–Kier alpha value is -4.37. The molecule has 3 aliphatic rings. The van der Waals surface area contributed by atoms with Gasteiger partial charge in [0.25, 0.3) is 0 Å². The number of morpholine rings is 1. The fraction of sp³-hybridized carbons (Fsp3) is 0.400. The maximum Gasteiger partial charge on any atom is 0.335 e. The van der Waals surface area contributed by atoms with E-state index in [2.05, 4.69) is 21.7 Å². The predicted molar refractivity (Wildman–Crippen MR) is 167 cm³/mol. The standard InChI is InChI=1S/C35H37N3O6/c1-42-26-8-11-28-24(18-26)17-25(34-36-20-27(44-34)9-12-31(39)37-13-15-43-16-14-37)21-38-30-19-23(35(40)41)7-10-29(30)32(33(28)38)22-5-3-2-4-6-22/h7-8,10-11,17-20,22H,2-6,9,12-16,21H2,1H3,(H,40,41). The number of benzene rings is 2. The van der Waals surface area contributed by atoms with Crippen LogP contribution in [0.1, 0.15) is 77.6 Å².